The molecule has 0 radical (unpaired) electrons. The molecule has 0 aromatic carbocycles. The molecular weight excluding hydrogens is 202 g/mol. The second kappa shape index (κ2) is 6.27. The molecule has 1 rings (SSSR count). The molecule has 0 saturated carbocycles. The topological polar surface area (TPSA) is 58.3 Å². The molecule has 0 bridgehead atoms. The monoisotopic (exact) mass is 223 g/mol. The van der Waals surface area contributed by atoms with Crippen LogP contribution in [0.15, 0.2) is 12.3 Å². The van der Waals surface area contributed by atoms with Gasteiger partial charge >= 0.3 is 0 Å². The Balaban J connectivity index is 2.68. The Hall–Kier alpha value is -1.36. The van der Waals surface area contributed by atoms with Crippen LogP contribution in [-0.2, 0) is 0 Å². The predicted octanol–water partition coefficient (Wildman–Crippen LogP) is 0.837. The fourth-order valence-corrected chi connectivity index (χ4v) is 1.47. The van der Waals surface area contributed by atoms with Gasteiger partial charge in [0.2, 0.25) is 5.95 Å². The van der Waals surface area contributed by atoms with Gasteiger partial charge in [-0.1, -0.05) is 6.92 Å². The summed E-state index contributed by atoms with van der Waals surface area (Å²) in [5.41, 5.74) is 5.59. The Labute approximate surface area is 97.3 Å². The van der Waals surface area contributed by atoms with Crippen molar-refractivity contribution in [1.29, 1.82) is 0 Å². The van der Waals surface area contributed by atoms with Crippen LogP contribution in [0.1, 0.15) is 13.3 Å². The number of hydrogen-bond donors (Lipinski definition) is 1. The quantitative estimate of drug-likeness (QED) is 0.774. The fraction of sp³-hybridized carbons (Fsp3) is 0.636. The Bertz CT molecular complexity index is 313. The zero-order valence-electron chi connectivity index (χ0n) is 10.3. The molecule has 0 amide bonds. The van der Waals surface area contributed by atoms with Crippen LogP contribution < -0.4 is 10.6 Å². The Kier molecular flexibility index (Phi) is 4.98. The van der Waals surface area contributed by atoms with E-state index in [1.54, 1.807) is 6.20 Å². The second-order valence-corrected chi connectivity index (χ2v) is 4.06. The van der Waals surface area contributed by atoms with Crippen LogP contribution in [0.25, 0.3) is 0 Å². The highest BCUT2D eigenvalue weighted by molar-refractivity contribution is 5.40. The van der Waals surface area contributed by atoms with Gasteiger partial charge in [0, 0.05) is 25.8 Å². The van der Waals surface area contributed by atoms with Gasteiger partial charge in [-0.25, -0.2) is 4.98 Å². The third-order valence-electron chi connectivity index (χ3n) is 2.29. The van der Waals surface area contributed by atoms with Crippen LogP contribution in [-0.4, -0.2) is 48.6 Å². The third-order valence-corrected chi connectivity index (χ3v) is 2.29. The first-order chi connectivity index (χ1) is 7.63. The van der Waals surface area contributed by atoms with E-state index in [0.717, 1.165) is 31.9 Å². The number of aromatic nitrogens is 2. The molecule has 0 aliphatic heterocycles. The zero-order chi connectivity index (χ0) is 12.0. The van der Waals surface area contributed by atoms with E-state index in [-0.39, 0.29) is 0 Å². The standard InChI is InChI=1S/C11H21N5/c1-4-7-16(9-8-15(2)3)10-5-6-13-11(12)14-10/h5-6H,4,7-9H2,1-3H3,(H2,12,13,14). The highest BCUT2D eigenvalue weighted by atomic mass is 15.2. The summed E-state index contributed by atoms with van der Waals surface area (Å²) >= 11 is 0. The predicted molar refractivity (Wildman–Crippen MR) is 67.5 cm³/mol. The summed E-state index contributed by atoms with van der Waals surface area (Å²) in [7, 11) is 4.14. The van der Waals surface area contributed by atoms with Gasteiger partial charge in [-0.2, -0.15) is 4.98 Å². The molecule has 2 N–H and O–H groups in total. The summed E-state index contributed by atoms with van der Waals surface area (Å²) in [6.07, 6.45) is 2.80. The minimum absolute atomic E-state index is 0.337. The molecule has 0 unspecified atom stereocenters. The SMILES string of the molecule is CCCN(CCN(C)C)c1ccnc(N)n1. The van der Waals surface area contributed by atoms with Gasteiger partial charge in [0.25, 0.3) is 0 Å². The molecule has 1 aromatic rings. The van der Waals surface area contributed by atoms with E-state index in [2.05, 4.69) is 40.8 Å². The average Bonchev–Trinajstić information content (AvgIpc) is 2.24. The Morgan fingerprint density at radius 1 is 1.25 bits per heavy atom. The number of likely N-dealkylation sites (N-methyl/N-ethyl adjacent to an activating group) is 1. The van der Waals surface area contributed by atoms with Crippen molar-refractivity contribution in [1.82, 2.24) is 14.9 Å². The first-order valence-electron chi connectivity index (χ1n) is 5.61. The molecule has 0 saturated heterocycles. The van der Waals surface area contributed by atoms with Crippen molar-refractivity contribution in [3.63, 3.8) is 0 Å². The Morgan fingerprint density at radius 3 is 2.56 bits per heavy atom. The van der Waals surface area contributed by atoms with E-state index >= 15 is 0 Å². The lowest BCUT2D eigenvalue weighted by molar-refractivity contribution is 0.412. The van der Waals surface area contributed by atoms with Crippen LogP contribution in [0.5, 0.6) is 0 Å². The highest BCUT2D eigenvalue weighted by Crippen LogP contribution is 2.10. The van der Waals surface area contributed by atoms with Gasteiger partial charge in [0.1, 0.15) is 5.82 Å². The van der Waals surface area contributed by atoms with E-state index in [4.69, 9.17) is 5.73 Å². The molecule has 0 fully saturated rings. The van der Waals surface area contributed by atoms with Crippen LogP contribution in [0.3, 0.4) is 0 Å². The molecule has 0 aliphatic rings. The molecule has 1 heterocycles. The van der Waals surface area contributed by atoms with E-state index < -0.39 is 0 Å². The summed E-state index contributed by atoms with van der Waals surface area (Å²) in [5, 5.41) is 0. The van der Waals surface area contributed by atoms with Crippen molar-refractivity contribution in [2.45, 2.75) is 13.3 Å². The lowest BCUT2D eigenvalue weighted by Crippen LogP contribution is -2.33. The van der Waals surface area contributed by atoms with E-state index in [9.17, 15) is 0 Å². The van der Waals surface area contributed by atoms with Crippen molar-refractivity contribution >= 4 is 11.8 Å². The largest absolute Gasteiger partial charge is 0.368 e. The number of nitrogens with two attached hydrogens (primary N) is 1. The highest BCUT2D eigenvalue weighted by Gasteiger charge is 2.07. The summed E-state index contributed by atoms with van der Waals surface area (Å²) in [6.45, 7) is 5.11. The molecule has 90 valence electrons. The zero-order valence-corrected chi connectivity index (χ0v) is 10.3. The van der Waals surface area contributed by atoms with Crippen LogP contribution in [0, 0.1) is 0 Å². The van der Waals surface area contributed by atoms with Crippen LogP contribution in [0.2, 0.25) is 0 Å². The second-order valence-electron chi connectivity index (χ2n) is 4.06. The molecule has 16 heavy (non-hydrogen) atoms. The Morgan fingerprint density at radius 2 is 2.00 bits per heavy atom. The minimum Gasteiger partial charge on any atom is -0.368 e. The number of anilines is 2. The number of nitrogen functional groups attached to an aromatic ring is 1. The lowest BCUT2D eigenvalue weighted by Gasteiger charge is -2.24. The van der Waals surface area contributed by atoms with Crippen molar-refractivity contribution in [3.8, 4) is 0 Å². The number of nitrogens with zero attached hydrogens (tertiary/aromatic N) is 4. The summed E-state index contributed by atoms with van der Waals surface area (Å²) in [4.78, 5) is 12.5. The van der Waals surface area contributed by atoms with Gasteiger partial charge in [0.05, 0.1) is 0 Å². The molecule has 0 spiro atoms. The van der Waals surface area contributed by atoms with Crippen molar-refractivity contribution in [2.24, 2.45) is 0 Å². The van der Waals surface area contributed by atoms with Crippen molar-refractivity contribution < 1.29 is 0 Å². The average molecular weight is 223 g/mol. The minimum atomic E-state index is 0.337. The van der Waals surface area contributed by atoms with Gasteiger partial charge in [0.15, 0.2) is 0 Å². The molecule has 5 heteroatoms. The van der Waals surface area contributed by atoms with Crippen LogP contribution in [0.4, 0.5) is 11.8 Å². The van der Waals surface area contributed by atoms with Crippen LogP contribution >= 0.6 is 0 Å². The van der Waals surface area contributed by atoms with E-state index in [1.807, 2.05) is 6.07 Å². The van der Waals surface area contributed by atoms with Gasteiger partial charge in [-0.05, 0) is 26.6 Å². The maximum Gasteiger partial charge on any atom is 0.221 e. The summed E-state index contributed by atoms with van der Waals surface area (Å²) < 4.78 is 0. The normalized spacial score (nSPS) is 10.8. The molecule has 0 atom stereocenters. The first-order valence-corrected chi connectivity index (χ1v) is 5.61. The summed E-state index contributed by atoms with van der Waals surface area (Å²) in [6, 6.07) is 1.90. The first kappa shape index (κ1) is 12.7. The van der Waals surface area contributed by atoms with Gasteiger partial charge in [-0.15, -0.1) is 0 Å². The smallest absolute Gasteiger partial charge is 0.221 e. The van der Waals surface area contributed by atoms with Crippen molar-refractivity contribution in [2.75, 3.05) is 44.4 Å². The number of rotatable bonds is 6. The molecule has 1 aromatic heterocycles. The lowest BCUT2D eigenvalue weighted by atomic mass is 10.3. The summed E-state index contributed by atoms with van der Waals surface area (Å²) in [5.74, 6) is 1.25. The molecule has 0 aliphatic carbocycles. The maximum atomic E-state index is 5.59. The molecular formula is C11H21N5. The van der Waals surface area contributed by atoms with E-state index in [0.29, 0.717) is 5.95 Å². The van der Waals surface area contributed by atoms with Gasteiger partial charge < -0.3 is 15.5 Å². The fourth-order valence-electron chi connectivity index (χ4n) is 1.47. The maximum absolute atomic E-state index is 5.59. The van der Waals surface area contributed by atoms with Crippen molar-refractivity contribution in [3.05, 3.63) is 12.3 Å². The van der Waals surface area contributed by atoms with E-state index in [1.165, 1.54) is 0 Å². The third kappa shape index (κ3) is 4.02. The molecule has 5 nitrogen and oxygen atoms in total. The number of hydrogen-bond acceptors (Lipinski definition) is 5. The van der Waals surface area contributed by atoms with Gasteiger partial charge in [-0.3, -0.25) is 0 Å².